The summed E-state index contributed by atoms with van der Waals surface area (Å²) in [6.45, 7) is 22.9. The normalized spacial score (nSPS) is 21.2. The number of fused-ring (bicyclic) bond motifs is 2. The van der Waals surface area contributed by atoms with Gasteiger partial charge in [0.05, 0.1) is 11.1 Å². The van der Waals surface area contributed by atoms with Gasteiger partial charge in [0, 0.05) is 46.2 Å². The van der Waals surface area contributed by atoms with E-state index in [9.17, 15) is 0 Å². The molecule has 1 atom stereocenters. The first-order valence-electron chi connectivity index (χ1n) is 18.1. The quantitative estimate of drug-likeness (QED) is 0.188. The van der Waals surface area contributed by atoms with E-state index in [1.165, 1.54) is 43.2 Å². The number of aliphatic imine (C=N–C) groups is 1. The molecule has 0 unspecified atom stereocenters. The molecule has 0 radical (unpaired) electrons. The van der Waals surface area contributed by atoms with Crippen LogP contribution in [0, 0.1) is 31.4 Å². The fraction of sp³-hybridized carbons (Fsp3) is 0.455. The molecule has 3 aliphatic rings. The SMILES string of the molecule is Cc1cc(Oc2[c-]c(N3c4ccccc4C(C)(C)c4cccnc43)cc(C)c2)[c-]c(C2=N[C@](C)(C(C)(C)C)C(C)(C)N2C2CCCCC2)c1.[Pt+2]. The van der Waals surface area contributed by atoms with Crippen LogP contribution in [0.5, 0.6) is 11.5 Å². The van der Waals surface area contributed by atoms with E-state index < -0.39 is 0 Å². The molecule has 4 aromatic rings. The molecule has 1 aromatic heterocycles. The van der Waals surface area contributed by atoms with Crippen molar-refractivity contribution in [1.82, 2.24) is 9.88 Å². The zero-order valence-corrected chi connectivity index (χ0v) is 33.7. The predicted molar refractivity (Wildman–Crippen MR) is 202 cm³/mol. The minimum atomic E-state index is -0.283. The van der Waals surface area contributed by atoms with Crippen molar-refractivity contribution in [3.63, 3.8) is 0 Å². The van der Waals surface area contributed by atoms with Gasteiger partial charge in [-0.15, -0.1) is 35.4 Å². The molecule has 1 fully saturated rings. The third kappa shape index (κ3) is 5.92. The summed E-state index contributed by atoms with van der Waals surface area (Å²) in [7, 11) is 0. The predicted octanol–water partition coefficient (Wildman–Crippen LogP) is 11.2. The van der Waals surface area contributed by atoms with Gasteiger partial charge in [-0.05, 0) is 56.7 Å². The zero-order chi connectivity index (χ0) is 34.9. The molecule has 1 aliphatic carbocycles. The summed E-state index contributed by atoms with van der Waals surface area (Å²) in [5, 5.41) is 0. The molecule has 7 rings (SSSR count). The Kier molecular flexibility index (Phi) is 9.43. The van der Waals surface area contributed by atoms with Gasteiger partial charge in [-0.25, -0.2) is 4.98 Å². The molecular weight excluding hydrogens is 796 g/mol. The van der Waals surface area contributed by atoms with Gasteiger partial charge in [-0.1, -0.05) is 110 Å². The van der Waals surface area contributed by atoms with Gasteiger partial charge < -0.3 is 19.5 Å². The summed E-state index contributed by atoms with van der Waals surface area (Å²) in [4.78, 5) is 15.4. The number of anilines is 3. The minimum Gasteiger partial charge on any atom is -0.503 e. The first kappa shape index (κ1) is 36.4. The maximum Gasteiger partial charge on any atom is 2.00 e. The Morgan fingerprint density at radius 2 is 1.44 bits per heavy atom. The second-order valence-corrected chi connectivity index (χ2v) is 16.8. The van der Waals surface area contributed by atoms with Crippen molar-refractivity contribution in [2.24, 2.45) is 10.4 Å². The Balaban J connectivity index is 0.00000432. The fourth-order valence-corrected chi connectivity index (χ4v) is 8.72. The number of ether oxygens (including phenoxy) is 1. The molecule has 3 aromatic carbocycles. The van der Waals surface area contributed by atoms with Crippen LogP contribution in [-0.4, -0.2) is 32.8 Å². The zero-order valence-electron chi connectivity index (χ0n) is 31.5. The van der Waals surface area contributed by atoms with E-state index in [0.29, 0.717) is 17.5 Å². The molecule has 0 amide bonds. The summed E-state index contributed by atoms with van der Waals surface area (Å²) < 4.78 is 6.71. The van der Waals surface area contributed by atoms with Crippen molar-refractivity contribution >= 4 is 23.0 Å². The van der Waals surface area contributed by atoms with Gasteiger partial charge in [-0.2, -0.15) is 5.56 Å². The van der Waals surface area contributed by atoms with Crippen LogP contribution in [-0.2, 0) is 26.5 Å². The third-order valence-corrected chi connectivity index (χ3v) is 11.9. The van der Waals surface area contributed by atoms with E-state index in [4.69, 9.17) is 14.7 Å². The number of aromatic nitrogens is 1. The Morgan fingerprint density at radius 1 is 0.800 bits per heavy atom. The third-order valence-electron chi connectivity index (χ3n) is 11.9. The smallest absolute Gasteiger partial charge is 0.503 e. The summed E-state index contributed by atoms with van der Waals surface area (Å²) in [5.74, 6) is 3.30. The maximum absolute atomic E-state index is 6.71. The molecule has 264 valence electrons. The standard InChI is InChI=1S/C44H52N4O.Pt/c1-29-23-31(39-46-44(10,41(3,4)5)43(8,9)48(39)32-17-12-11-13-18-32)27-34(25-29)49-35-26-30(2)24-33(28-35)47-38-21-15-14-19-36(38)42(6,7)37-20-16-22-45-40(37)47;/h14-16,19-26,32H,11-13,17-18H2,1-10H3;/q-2;+2/t44-;/m1./s1. The van der Waals surface area contributed by atoms with Crippen LogP contribution in [0.25, 0.3) is 0 Å². The number of para-hydroxylation sites is 1. The van der Waals surface area contributed by atoms with Crippen molar-refractivity contribution in [3.8, 4) is 11.5 Å². The van der Waals surface area contributed by atoms with E-state index in [1.807, 2.05) is 12.3 Å². The van der Waals surface area contributed by atoms with Crippen LogP contribution in [0.3, 0.4) is 0 Å². The van der Waals surface area contributed by atoms with Crippen LogP contribution in [0.15, 0.2) is 71.9 Å². The van der Waals surface area contributed by atoms with Crippen molar-refractivity contribution in [3.05, 3.63) is 107 Å². The van der Waals surface area contributed by atoms with Crippen LogP contribution in [0.2, 0.25) is 0 Å². The largest absolute Gasteiger partial charge is 2.00 e. The van der Waals surface area contributed by atoms with E-state index in [1.54, 1.807) is 0 Å². The van der Waals surface area contributed by atoms with Crippen molar-refractivity contribution < 1.29 is 25.8 Å². The molecule has 3 heterocycles. The summed E-state index contributed by atoms with van der Waals surface area (Å²) in [6.07, 6.45) is 8.14. The van der Waals surface area contributed by atoms with Gasteiger partial charge in [0.25, 0.3) is 0 Å². The van der Waals surface area contributed by atoms with Gasteiger partial charge in [0.2, 0.25) is 0 Å². The number of aryl methyl sites for hydroxylation is 2. The molecule has 0 saturated heterocycles. The van der Waals surface area contributed by atoms with E-state index in [2.05, 4.69) is 146 Å². The molecular formula is C44H52N4OPt. The first-order chi connectivity index (χ1) is 23.1. The molecule has 2 aliphatic heterocycles. The van der Waals surface area contributed by atoms with Crippen LogP contribution in [0.1, 0.15) is 115 Å². The van der Waals surface area contributed by atoms with Gasteiger partial charge in [0.15, 0.2) is 0 Å². The average Bonchev–Trinajstić information content (AvgIpc) is 3.27. The number of benzene rings is 3. The van der Waals surface area contributed by atoms with Gasteiger partial charge in [0.1, 0.15) is 5.82 Å². The van der Waals surface area contributed by atoms with Crippen LogP contribution in [0.4, 0.5) is 17.2 Å². The van der Waals surface area contributed by atoms with Crippen LogP contribution < -0.4 is 9.64 Å². The fourth-order valence-electron chi connectivity index (χ4n) is 8.72. The minimum absolute atomic E-state index is 0. The second kappa shape index (κ2) is 13.0. The van der Waals surface area contributed by atoms with Gasteiger partial charge in [-0.3, -0.25) is 0 Å². The number of nitrogens with zero attached hydrogens (tertiary/aromatic N) is 4. The van der Waals surface area contributed by atoms with Gasteiger partial charge >= 0.3 is 21.1 Å². The number of amidine groups is 1. The van der Waals surface area contributed by atoms with Crippen molar-refractivity contribution in [2.75, 3.05) is 4.90 Å². The Hall–Kier alpha value is -3.43. The summed E-state index contributed by atoms with van der Waals surface area (Å²) in [5.41, 5.74) is 7.01. The summed E-state index contributed by atoms with van der Waals surface area (Å²) in [6, 6.07) is 29.1. The Bertz CT molecular complexity index is 1880. The van der Waals surface area contributed by atoms with Crippen LogP contribution >= 0.6 is 0 Å². The summed E-state index contributed by atoms with van der Waals surface area (Å²) >= 11 is 0. The molecule has 6 heteroatoms. The monoisotopic (exact) mass is 847 g/mol. The second-order valence-electron chi connectivity index (χ2n) is 16.8. The Labute approximate surface area is 314 Å². The number of hydrogen-bond acceptors (Lipinski definition) is 5. The van der Waals surface area contributed by atoms with E-state index in [0.717, 1.165) is 39.7 Å². The Morgan fingerprint density at radius 3 is 2.14 bits per heavy atom. The molecule has 50 heavy (non-hydrogen) atoms. The number of hydrogen-bond donors (Lipinski definition) is 0. The molecule has 0 bridgehead atoms. The van der Waals surface area contributed by atoms with Crippen molar-refractivity contribution in [2.45, 2.75) is 124 Å². The topological polar surface area (TPSA) is 41.0 Å². The molecule has 5 nitrogen and oxygen atoms in total. The molecule has 1 saturated carbocycles. The van der Waals surface area contributed by atoms with Crippen molar-refractivity contribution in [1.29, 1.82) is 0 Å². The molecule has 0 spiro atoms. The van der Waals surface area contributed by atoms with E-state index in [-0.39, 0.29) is 43.0 Å². The first-order valence-corrected chi connectivity index (χ1v) is 18.1. The van der Waals surface area contributed by atoms with E-state index >= 15 is 0 Å². The molecule has 0 N–H and O–H groups in total. The number of pyridine rings is 1. The average molecular weight is 848 g/mol. The number of rotatable bonds is 5. The maximum atomic E-state index is 6.71.